The first-order chi connectivity index (χ1) is 52.0. The van der Waals surface area contributed by atoms with Crippen molar-refractivity contribution in [1.29, 1.82) is 0 Å². The number of aromatic hydroxyl groups is 4. The van der Waals surface area contributed by atoms with Gasteiger partial charge >= 0.3 is 5.97 Å². The number of nitrogens with one attached hydrogen (secondary N) is 8. The lowest BCUT2D eigenvalue weighted by molar-refractivity contribution is -0.330. The number of amides is 7. The van der Waals surface area contributed by atoms with Crippen LogP contribution >= 0.6 is 34.8 Å². The van der Waals surface area contributed by atoms with Crippen molar-refractivity contribution >= 4 is 82.1 Å². The molecule has 7 aliphatic heterocycles. The van der Waals surface area contributed by atoms with E-state index in [0.717, 1.165) is 66.7 Å². The van der Waals surface area contributed by atoms with Gasteiger partial charge in [-0.15, -0.1) is 0 Å². The third-order valence-electron chi connectivity index (χ3n) is 19.3. The van der Waals surface area contributed by atoms with E-state index in [9.17, 15) is 75.0 Å². The Hall–Kier alpha value is -9.89. The van der Waals surface area contributed by atoms with Gasteiger partial charge in [0.25, 0.3) is 0 Å². The molecule has 18 atom stereocenters. The maximum atomic E-state index is 16.2. The van der Waals surface area contributed by atoms with Crippen molar-refractivity contribution in [3.8, 4) is 62.9 Å². The third-order valence-corrected chi connectivity index (χ3v) is 20.1. The van der Waals surface area contributed by atoms with Gasteiger partial charge in [-0.05, 0) is 128 Å². The summed E-state index contributed by atoms with van der Waals surface area (Å²) >= 11 is 20.6. The minimum absolute atomic E-state index is 0.104. The van der Waals surface area contributed by atoms with Gasteiger partial charge in [0, 0.05) is 58.4 Å². The Morgan fingerprint density at radius 2 is 1.30 bits per heavy atom. The maximum absolute atomic E-state index is 16.2. The molecule has 7 heterocycles. The normalized spacial score (nSPS) is 28.0. The van der Waals surface area contributed by atoms with Crippen LogP contribution in [-0.2, 0) is 59.1 Å². The lowest BCUT2D eigenvalue weighted by Crippen LogP contribution is -2.65. The molecule has 11 unspecified atom stereocenters. The van der Waals surface area contributed by atoms with Crippen molar-refractivity contribution in [1.82, 2.24) is 42.5 Å². The Labute approximate surface area is 641 Å². The number of halogens is 3. The summed E-state index contributed by atoms with van der Waals surface area (Å²) in [7, 11) is 1.47. The van der Waals surface area contributed by atoms with E-state index in [1.807, 2.05) is 13.8 Å². The first-order valence-electron chi connectivity index (χ1n) is 34.5. The molecule has 0 spiro atoms. The fraction of sp³-hybridized carbons (Fsp3) is 0.397. The van der Waals surface area contributed by atoms with Crippen molar-refractivity contribution in [2.24, 2.45) is 17.4 Å². The van der Waals surface area contributed by atoms with E-state index in [2.05, 4.69) is 42.5 Å². The smallest absolute Gasteiger partial charge is 0.330 e. The Bertz CT molecular complexity index is 4580. The molecule has 588 valence electrons. The number of carboxylic acid groups (broad SMARTS) is 1. The Balaban J connectivity index is 1.16. The van der Waals surface area contributed by atoms with Crippen LogP contribution in [0.5, 0.6) is 51.7 Å². The van der Waals surface area contributed by atoms with E-state index >= 15 is 14.4 Å². The first kappa shape index (κ1) is 81.1. The molecular formula is C73H81Cl3N10O24. The zero-order valence-electron chi connectivity index (χ0n) is 59.1. The SMILES string of the molecule is CN[C@H](CC(C)C)C(=O)N[C@H]1C(=O)N[C@@H](CC(N)=O)C(=O)NC2C(=O)NC3C(=O)N[C@H](C(=O)N[C@@H](C(=O)O)c4cc(O)cc(O)c4-c4cc3ccc4O)[C@H](O)c3ccc(c(Cl)c3)Oc3cc2cc(c3OC2OC(CNCc3cc(Cl)ccc3O)C(O)C(O)C2OC2CC(C)(N)C(O)C(C)O2)Oc2ccc(cc2Cl)[C@H]1O. The highest BCUT2D eigenvalue weighted by atomic mass is 35.5. The van der Waals surface area contributed by atoms with E-state index in [-0.39, 0.29) is 70.1 Å². The largest absolute Gasteiger partial charge is 0.508 e. The lowest BCUT2D eigenvalue weighted by atomic mass is 9.86. The molecule has 2 fully saturated rings. The highest BCUT2D eigenvalue weighted by Crippen LogP contribution is 2.50. The molecule has 6 aromatic carbocycles. The number of aliphatic hydroxyl groups is 5. The topological polar surface area (TPSA) is 543 Å². The quantitative estimate of drug-likeness (QED) is 0.0661. The number of aliphatic hydroxyl groups excluding tert-OH is 5. The summed E-state index contributed by atoms with van der Waals surface area (Å²) in [6.45, 7) is 6.21. The molecule has 22 N–H and O–H groups in total. The van der Waals surface area contributed by atoms with Gasteiger partial charge in [-0.1, -0.05) is 66.8 Å². The van der Waals surface area contributed by atoms with E-state index < -0.39 is 231 Å². The molecule has 0 saturated carbocycles. The number of ether oxygens (including phenoxy) is 6. The van der Waals surface area contributed by atoms with Crippen LogP contribution in [-0.4, -0.2) is 191 Å². The number of aliphatic carboxylic acids is 1. The number of hydrogen-bond donors (Lipinski definition) is 20. The van der Waals surface area contributed by atoms with Gasteiger partial charge in [-0.3, -0.25) is 33.6 Å². The molecule has 2 saturated heterocycles. The fourth-order valence-electron chi connectivity index (χ4n) is 13.6. The van der Waals surface area contributed by atoms with Crippen molar-refractivity contribution < 1.29 is 118 Å². The summed E-state index contributed by atoms with van der Waals surface area (Å²) < 4.78 is 39.5. The second-order valence-electron chi connectivity index (χ2n) is 27.9. The van der Waals surface area contributed by atoms with Gasteiger partial charge in [0.1, 0.15) is 95.2 Å². The highest BCUT2D eigenvalue weighted by Gasteiger charge is 2.52. The zero-order chi connectivity index (χ0) is 79.8. The summed E-state index contributed by atoms with van der Waals surface area (Å²) in [6.07, 6.45) is -18.4. The number of phenolic OH excluding ortho intramolecular Hbond substituents is 4. The van der Waals surface area contributed by atoms with Crippen LogP contribution in [0.4, 0.5) is 0 Å². The molecule has 7 amide bonds. The van der Waals surface area contributed by atoms with Gasteiger partial charge in [0.15, 0.2) is 29.9 Å². The van der Waals surface area contributed by atoms with Crippen molar-refractivity contribution in [2.45, 2.75) is 163 Å². The Morgan fingerprint density at radius 3 is 1.92 bits per heavy atom. The molecule has 34 nitrogen and oxygen atoms in total. The number of nitrogens with two attached hydrogens (primary N) is 2. The number of carbonyl (C=O) groups excluding carboxylic acids is 7. The molecule has 7 aliphatic rings. The predicted molar refractivity (Wildman–Crippen MR) is 387 cm³/mol. The number of fused-ring (bicyclic) bond motifs is 15. The number of primary amides is 1. The molecule has 0 radical (unpaired) electrons. The van der Waals surface area contributed by atoms with Crippen LogP contribution < -0.4 is 68.2 Å². The lowest BCUT2D eigenvalue weighted by Gasteiger charge is -2.47. The molecule has 11 bridgehead atoms. The maximum Gasteiger partial charge on any atom is 0.330 e. The van der Waals surface area contributed by atoms with Crippen LogP contribution in [0.25, 0.3) is 11.1 Å². The number of hydrogen-bond acceptors (Lipinski definition) is 26. The zero-order valence-corrected chi connectivity index (χ0v) is 61.4. The van der Waals surface area contributed by atoms with E-state index in [4.69, 9.17) is 74.7 Å². The number of rotatable bonds is 16. The molecular weight excluding hydrogens is 1510 g/mol. The summed E-state index contributed by atoms with van der Waals surface area (Å²) in [6, 6.07) is 3.61. The molecule has 6 aromatic rings. The highest BCUT2D eigenvalue weighted by molar-refractivity contribution is 6.32. The molecule has 110 heavy (non-hydrogen) atoms. The molecule has 0 aromatic heterocycles. The fourth-order valence-corrected chi connectivity index (χ4v) is 14.2. The van der Waals surface area contributed by atoms with Crippen LogP contribution in [0.3, 0.4) is 0 Å². The van der Waals surface area contributed by atoms with Gasteiger partial charge in [0.05, 0.1) is 34.7 Å². The minimum atomic E-state index is -2.36. The van der Waals surface area contributed by atoms with Crippen molar-refractivity contribution in [3.63, 3.8) is 0 Å². The van der Waals surface area contributed by atoms with Crippen LogP contribution in [0.15, 0.2) is 97.1 Å². The van der Waals surface area contributed by atoms with Gasteiger partial charge in [-0.2, -0.15) is 0 Å². The molecule has 0 aliphatic carbocycles. The Kier molecular flexibility index (Phi) is 24.6. The van der Waals surface area contributed by atoms with Crippen LogP contribution in [0, 0.1) is 5.92 Å². The van der Waals surface area contributed by atoms with Crippen LogP contribution in [0.1, 0.15) is 111 Å². The number of benzene rings is 6. The summed E-state index contributed by atoms with van der Waals surface area (Å²) in [4.78, 5) is 118. The second-order valence-corrected chi connectivity index (χ2v) is 29.2. The average Bonchev–Trinajstić information content (AvgIpc) is 0.742. The monoisotopic (exact) mass is 1590 g/mol. The standard InChI is InChI=1S/C73H81Cl3N10O24/c1-27(2)14-40(79-5)65(97)85-56-58(92)30-7-12-45(38(75)17-30)106-47-19-32-20-48(62(47)110-72-63(109-51-24-73(4,78)64(96)28(3)105-51)61(95)60(94)49(108-72)26-80-25-33-15-34(74)9-11-42(33)88)107-46-13-8-31(18-39(46)76)59(93)57-70(102)84-55(71(103)104)37-21-35(87)22-44(90)52(37)36-16-29(6-10-43(36)89)53(67(99)86-57)83-68(100)54(32)82-66(98)41(23-50(77)91)81-69(56)101/h6-13,15-22,27-28,40-41,49,51,53-61,63-64,72,79-80,87-90,92-96H,14,23-26,78H2,1-5H3,(H2,77,91)(H,81,101)(H,82,98)(H,83,100)(H,84,102)(H,85,97)(H,86,99)(H,103,104)/t28?,40-,41+,49?,51?,53?,54?,55-,56-,57+,58-,59-,60?,61?,63?,64?,72?,73?/m1/s1. The van der Waals surface area contributed by atoms with Gasteiger partial charge in [-0.25, -0.2) is 4.79 Å². The number of carbonyl (C=O) groups is 8. The second kappa shape index (κ2) is 33.4. The average molecular weight is 1590 g/mol. The third kappa shape index (κ3) is 17.6. The number of phenols is 4. The van der Waals surface area contributed by atoms with Crippen molar-refractivity contribution in [2.75, 3.05) is 13.6 Å². The summed E-state index contributed by atoms with van der Waals surface area (Å²) in [5.41, 5.74) is 8.40. The predicted octanol–water partition coefficient (Wildman–Crippen LogP) is 2.26. The Morgan fingerprint density at radius 1 is 0.682 bits per heavy atom. The van der Waals surface area contributed by atoms with Crippen LogP contribution in [0.2, 0.25) is 15.1 Å². The number of likely N-dealkylation sites (N-methyl/N-ethyl adjacent to an activating group) is 1. The molecule has 13 rings (SSSR count). The number of carboxylic acids is 1. The van der Waals surface area contributed by atoms with E-state index in [0.29, 0.717) is 5.56 Å². The molecule has 37 heteroatoms. The first-order valence-corrected chi connectivity index (χ1v) is 35.7. The van der Waals surface area contributed by atoms with E-state index in [1.54, 1.807) is 0 Å². The van der Waals surface area contributed by atoms with Crippen molar-refractivity contribution in [3.05, 3.63) is 146 Å². The minimum Gasteiger partial charge on any atom is -0.508 e. The van der Waals surface area contributed by atoms with Gasteiger partial charge < -0.3 is 133 Å². The summed E-state index contributed by atoms with van der Waals surface area (Å²) in [5, 5.41) is 136. The summed E-state index contributed by atoms with van der Waals surface area (Å²) in [5.74, 6) is -16.2. The van der Waals surface area contributed by atoms with E-state index in [1.165, 1.54) is 51.2 Å². The van der Waals surface area contributed by atoms with Gasteiger partial charge in [0.2, 0.25) is 53.4 Å².